The molecule has 0 amide bonds. The number of hydrogen-bond donors (Lipinski definition) is 1. The van der Waals surface area contributed by atoms with Crippen LogP contribution in [0.3, 0.4) is 0 Å². The Labute approximate surface area is 79.8 Å². The highest BCUT2D eigenvalue weighted by atomic mass is 32.2. The van der Waals surface area contributed by atoms with Gasteiger partial charge in [-0.15, -0.1) is 10.2 Å². The lowest BCUT2D eigenvalue weighted by Gasteiger charge is -2.11. The van der Waals surface area contributed by atoms with Crippen molar-refractivity contribution >= 4 is 11.8 Å². The second-order valence-corrected chi connectivity index (χ2v) is 3.37. The molecule has 0 spiro atoms. The average molecular weight is 200 g/mol. The molecule has 0 aliphatic rings. The minimum absolute atomic E-state index is 0.0712. The highest BCUT2D eigenvalue weighted by Gasteiger charge is 2.12. The van der Waals surface area contributed by atoms with Crippen LogP contribution in [0.15, 0.2) is 9.95 Å². The van der Waals surface area contributed by atoms with Crippen LogP contribution in [0.1, 0.15) is 19.9 Å². The average Bonchev–Trinajstić information content (AvgIpc) is 2.08. The zero-order valence-corrected chi connectivity index (χ0v) is 8.21. The van der Waals surface area contributed by atoms with Gasteiger partial charge >= 0.3 is 5.56 Å². The maximum absolute atomic E-state index is 11.4. The molecule has 0 aliphatic heterocycles. The van der Waals surface area contributed by atoms with Crippen LogP contribution in [-0.2, 0) is 0 Å². The standard InChI is InChI=1S/C7H10N3O2S/c1-4(2)10-6(12)5(11)8-9-7(10)13-3/h4H,3H2,1-2H3,(H,8,11). The highest BCUT2D eigenvalue weighted by molar-refractivity contribution is 8.00. The van der Waals surface area contributed by atoms with Gasteiger partial charge in [-0.3, -0.25) is 9.36 Å². The Morgan fingerprint density at radius 2 is 2.15 bits per heavy atom. The zero-order chi connectivity index (χ0) is 10.0. The third kappa shape index (κ3) is 1.82. The van der Waals surface area contributed by atoms with Crippen LogP contribution in [0.5, 0.6) is 5.88 Å². The monoisotopic (exact) mass is 200 g/mol. The van der Waals surface area contributed by atoms with Crippen molar-refractivity contribution in [1.82, 2.24) is 14.8 Å². The summed E-state index contributed by atoms with van der Waals surface area (Å²) < 4.78 is 1.35. The minimum atomic E-state index is -0.577. The lowest BCUT2D eigenvalue weighted by Crippen LogP contribution is -2.25. The van der Waals surface area contributed by atoms with Crippen molar-refractivity contribution in [1.29, 1.82) is 0 Å². The largest absolute Gasteiger partial charge is 0.488 e. The molecule has 1 radical (unpaired) electrons. The van der Waals surface area contributed by atoms with E-state index in [0.717, 1.165) is 11.8 Å². The molecule has 71 valence electrons. The molecule has 1 N–H and O–H groups in total. The Bertz CT molecular complexity index is 361. The molecule has 1 aromatic rings. The molecule has 0 unspecified atom stereocenters. The summed E-state index contributed by atoms with van der Waals surface area (Å²) in [4.78, 5) is 11.4. The first-order valence-electron chi connectivity index (χ1n) is 3.68. The molecule has 1 rings (SSSR count). The molecular formula is C7H10N3O2S. The summed E-state index contributed by atoms with van der Waals surface area (Å²) in [5, 5.41) is 16.4. The molecule has 0 aliphatic carbocycles. The van der Waals surface area contributed by atoms with E-state index >= 15 is 0 Å². The van der Waals surface area contributed by atoms with Gasteiger partial charge in [0.25, 0.3) is 5.88 Å². The second kappa shape index (κ2) is 3.78. The van der Waals surface area contributed by atoms with Gasteiger partial charge in [-0.25, -0.2) is 0 Å². The Hall–Kier alpha value is -1.04. The van der Waals surface area contributed by atoms with Gasteiger partial charge in [0.15, 0.2) is 5.16 Å². The maximum Gasteiger partial charge on any atom is 0.316 e. The molecule has 0 saturated heterocycles. The van der Waals surface area contributed by atoms with E-state index in [1.165, 1.54) is 4.57 Å². The summed E-state index contributed by atoms with van der Waals surface area (Å²) in [5.74, 6) is -0.577. The summed E-state index contributed by atoms with van der Waals surface area (Å²) in [6.07, 6.45) is 3.54. The van der Waals surface area contributed by atoms with Crippen LogP contribution in [0.4, 0.5) is 0 Å². The molecule has 1 heterocycles. The van der Waals surface area contributed by atoms with Crippen molar-refractivity contribution in [3.63, 3.8) is 0 Å². The van der Waals surface area contributed by atoms with E-state index in [2.05, 4.69) is 16.5 Å². The molecule has 0 aromatic carbocycles. The SMILES string of the molecule is [CH2]Sc1nnc(O)c(=O)n1C(C)C. The minimum Gasteiger partial charge on any atom is -0.488 e. The Kier molecular flexibility index (Phi) is 2.92. The van der Waals surface area contributed by atoms with Crippen LogP contribution in [0.25, 0.3) is 0 Å². The molecule has 1 aromatic heterocycles. The van der Waals surface area contributed by atoms with Crippen LogP contribution < -0.4 is 5.56 Å². The van der Waals surface area contributed by atoms with E-state index in [1.807, 2.05) is 13.8 Å². The molecule has 0 bridgehead atoms. The van der Waals surface area contributed by atoms with Crippen molar-refractivity contribution < 1.29 is 5.11 Å². The smallest absolute Gasteiger partial charge is 0.316 e. The molecule has 5 nitrogen and oxygen atoms in total. The fourth-order valence-corrected chi connectivity index (χ4v) is 1.46. The molecule has 0 atom stereocenters. The zero-order valence-electron chi connectivity index (χ0n) is 7.39. The van der Waals surface area contributed by atoms with Gasteiger partial charge in [-0.2, -0.15) is 0 Å². The van der Waals surface area contributed by atoms with E-state index in [-0.39, 0.29) is 6.04 Å². The van der Waals surface area contributed by atoms with Crippen molar-refractivity contribution in [3.8, 4) is 5.88 Å². The first-order valence-corrected chi connectivity index (χ1v) is 4.66. The summed E-state index contributed by atoms with van der Waals surface area (Å²) >= 11 is 1.07. The predicted octanol–water partition coefficient (Wildman–Crippen LogP) is 0.808. The lowest BCUT2D eigenvalue weighted by molar-refractivity contribution is 0.394. The number of hydrogen-bond acceptors (Lipinski definition) is 5. The quantitative estimate of drug-likeness (QED) is 0.715. The van der Waals surface area contributed by atoms with Crippen LogP contribution in [0, 0.1) is 6.26 Å². The summed E-state index contributed by atoms with van der Waals surface area (Å²) in [6, 6.07) is -0.0712. The Morgan fingerprint density at radius 1 is 1.54 bits per heavy atom. The van der Waals surface area contributed by atoms with Gasteiger partial charge in [-0.05, 0) is 13.8 Å². The van der Waals surface area contributed by atoms with Gasteiger partial charge in [0, 0.05) is 12.3 Å². The van der Waals surface area contributed by atoms with Gasteiger partial charge < -0.3 is 5.11 Å². The fraction of sp³-hybridized carbons (Fsp3) is 0.429. The van der Waals surface area contributed by atoms with E-state index in [9.17, 15) is 4.79 Å². The predicted molar refractivity (Wildman–Crippen MR) is 49.6 cm³/mol. The van der Waals surface area contributed by atoms with Crippen LogP contribution >= 0.6 is 11.8 Å². The van der Waals surface area contributed by atoms with Gasteiger partial charge in [-0.1, -0.05) is 11.8 Å². The highest BCUT2D eigenvalue weighted by Crippen LogP contribution is 2.15. The summed E-state index contributed by atoms with van der Waals surface area (Å²) in [5.41, 5.74) is -0.531. The number of thioether (sulfide) groups is 1. The third-order valence-corrected chi connectivity index (χ3v) is 2.03. The number of nitrogens with zero attached hydrogens (tertiary/aromatic N) is 3. The molecule has 0 saturated carbocycles. The first kappa shape index (κ1) is 10.0. The topological polar surface area (TPSA) is 68.0 Å². The van der Waals surface area contributed by atoms with Crippen molar-refractivity contribution in [2.45, 2.75) is 25.0 Å². The molecule has 13 heavy (non-hydrogen) atoms. The van der Waals surface area contributed by atoms with E-state index < -0.39 is 11.4 Å². The lowest BCUT2D eigenvalue weighted by atomic mass is 10.4. The van der Waals surface area contributed by atoms with E-state index in [4.69, 9.17) is 5.11 Å². The molecular weight excluding hydrogens is 190 g/mol. The van der Waals surface area contributed by atoms with Crippen molar-refractivity contribution in [3.05, 3.63) is 16.6 Å². The normalized spacial score (nSPS) is 10.8. The van der Waals surface area contributed by atoms with E-state index in [1.54, 1.807) is 0 Å². The fourth-order valence-electron chi connectivity index (χ4n) is 0.929. The summed E-state index contributed by atoms with van der Waals surface area (Å²) in [7, 11) is 0. The number of rotatable bonds is 2. The van der Waals surface area contributed by atoms with Crippen molar-refractivity contribution in [2.24, 2.45) is 0 Å². The van der Waals surface area contributed by atoms with Gasteiger partial charge in [0.2, 0.25) is 0 Å². The van der Waals surface area contributed by atoms with Gasteiger partial charge in [0.05, 0.1) is 0 Å². The second-order valence-electron chi connectivity index (χ2n) is 2.72. The number of aromatic nitrogens is 3. The van der Waals surface area contributed by atoms with E-state index in [0.29, 0.717) is 5.16 Å². The number of aromatic hydroxyl groups is 1. The van der Waals surface area contributed by atoms with Crippen LogP contribution in [0.2, 0.25) is 0 Å². The van der Waals surface area contributed by atoms with Crippen LogP contribution in [-0.4, -0.2) is 19.9 Å². The molecule has 0 fully saturated rings. The Morgan fingerprint density at radius 3 is 2.62 bits per heavy atom. The van der Waals surface area contributed by atoms with Gasteiger partial charge in [0.1, 0.15) is 0 Å². The maximum atomic E-state index is 11.4. The first-order chi connectivity index (χ1) is 6.07. The van der Waals surface area contributed by atoms with Crippen molar-refractivity contribution in [2.75, 3.05) is 0 Å². The molecule has 6 heteroatoms. The Balaban J connectivity index is 3.42. The summed E-state index contributed by atoms with van der Waals surface area (Å²) in [6.45, 7) is 3.64. The third-order valence-electron chi connectivity index (χ3n) is 1.49.